The lowest BCUT2D eigenvalue weighted by atomic mass is 10.0. The average molecular weight is 271 g/mol. The van der Waals surface area contributed by atoms with Gasteiger partial charge >= 0.3 is 0 Å². The molecule has 2 aromatic rings. The maximum atomic E-state index is 4.58. The lowest BCUT2D eigenvalue weighted by molar-refractivity contribution is 0.493. The van der Waals surface area contributed by atoms with Gasteiger partial charge in [0.1, 0.15) is 0 Å². The summed E-state index contributed by atoms with van der Waals surface area (Å²) in [5, 5.41) is 8.23. The second-order valence-electron chi connectivity index (χ2n) is 5.23. The van der Waals surface area contributed by atoms with Crippen LogP contribution in [0.15, 0.2) is 36.4 Å². The smallest absolute Gasteiger partial charge is 0.0625 e. The molecule has 0 amide bonds. The number of aryl methyl sites for hydroxylation is 2. The minimum atomic E-state index is 0.329. The first kappa shape index (κ1) is 14.8. The molecule has 1 aromatic carbocycles. The normalized spacial score (nSPS) is 12.6. The van der Waals surface area contributed by atoms with Crippen LogP contribution in [0, 0.1) is 0 Å². The second kappa shape index (κ2) is 7.25. The largest absolute Gasteiger partial charge is 0.308 e. The maximum Gasteiger partial charge on any atom is 0.0625 e. The Balaban J connectivity index is 2.20. The third-order valence-electron chi connectivity index (χ3n) is 3.61. The van der Waals surface area contributed by atoms with Gasteiger partial charge < -0.3 is 5.32 Å². The Hall–Kier alpha value is -1.61. The zero-order chi connectivity index (χ0) is 14.4. The standard InChI is InChI=1S/C17H25N3/c1-4-11-18-16(12-14-9-7-6-8-10-14)17-13-15(5-2)19-20(17)3/h6-10,13,16,18H,4-5,11-12H2,1-3H3. The van der Waals surface area contributed by atoms with Crippen LogP contribution in [0.3, 0.4) is 0 Å². The molecule has 3 nitrogen and oxygen atoms in total. The number of rotatable bonds is 7. The number of benzene rings is 1. The minimum Gasteiger partial charge on any atom is -0.308 e. The highest BCUT2D eigenvalue weighted by Gasteiger charge is 2.16. The highest BCUT2D eigenvalue weighted by molar-refractivity contribution is 5.21. The maximum absolute atomic E-state index is 4.58. The lowest BCUT2D eigenvalue weighted by Gasteiger charge is -2.19. The van der Waals surface area contributed by atoms with Crippen molar-refractivity contribution >= 4 is 0 Å². The molecular weight excluding hydrogens is 246 g/mol. The molecule has 1 N–H and O–H groups in total. The third-order valence-corrected chi connectivity index (χ3v) is 3.61. The van der Waals surface area contributed by atoms with E-state index in [4.69, 9.17) is 0 Å². The van der Waals surface area contributed by atoms with Crippen molar-refractivity contribution in [2.24, 2.45) is 7.05 Å². The first-order valence-corrected chi connectivity index (χ1v) is 7.54. The van der Waals surface area contributed by atoms with E-state index in [-0.39, 0.29) is 0 Å². The average Bonchev–Trinajstić information content (AvgIpc) is 2.86. The van der Waals surface area contributed by atoms with Crippen LogP contribution in [0.25, 0.3) is 0 Å². The summed E-state index contributed by atoms with van der Waals surface area (Å²) in [6.45, 7) is 5.38. The van der Waals surface area contributed by atoms with Crippen molar-refractivity contribution < 1.29 is 0 Å². The van der Waals surface area contributed by atoms with Gasteiger partial charge in [-0.1, -0.05) is 44.2 Å². The molecule has 1 unspecified atom stereocenters. The fourth-order valence-electron chi connectivity index (χ4n) is 2.49. The van der Waals surface area contributed by atoms with Gasteiger partial charge in [-0.15, -0.1) is 0 Å². The molecule has 0 saturated heterocycles. The molecule has 0 aliphatic heterocycles. The van der Waals surface area contributed by atoms with Crippen LogP contribution in [0.2, 0.25) is 0 Å². The summed E-state index contributed by atoms with van der Waals surface area (Å²) in [6.07, 6.45) is 3.13. The van der Waals surface area contributed by atoms with E-state index in [9.17, 15) is 0 Å². The molecule has 0 fully saturated rings. The van der Waals surface area contributed by atoms with Gasteiger partial charge in [0.15, 0.2) is 0 Å². The van der Waals surface area contributed by atoms with Gasteiger partial charge in [0.25, 0.3) is 0 Å². The van der Waals surface area contributed by atoms with Crippen molar-refractivity contribution in [2.75, 3.05) is 6.54 Å². The second-order valence-corrected chi connectivity index (χ2v) is 5.23. The van der Waals surface area contributed by atoms with Crippen molar-refractivity contribution in [1.82, 2.24) is 15.1 Å². The molecule has 108 valence electrons. The molecule has 2 rings (SSSR count). The Labute approximate surface area is 122 Å². The van der Waals surface area contributed by atoms with Gasteiger partial charge in [-0.25, -0.2) is 0 Å². The van der Waals surface area contributed by atoms with Crippen LogP contribution in [-0.4, -0.2) is 16.3 Å². The van der Waals surface area contributed by atoms with Gasteiger partial charge in [-0.3, -0.25) is 4.68 Å². The SMILES string of the molecule is CCCNC(Cc1ccccc1)c1cc(CC)nn1C. The van der Waals surface area contributed by atoms with Crippen molar-refractivity contribution in [3.63, 3.8) is 0 Å². The summed E-state index contributed by atoms with van der Waals surface area (Å²) in [6, 6.07) is 13.2. The van der Waals surface area contributed by atoms with E-state index in [1.165, 1.54) is 17.0 Å². The van der Waals surface area contributed by atoms with E-state index < -0.39 is 0 Å². The van der Waals surface area contributed by atoms with Gasteiger partial charge in [-0.05, 0) is 37.4 Å². The van der Waals surface area contributed by atoms with Gasteiger partial charge in [0.2, 0.25) is 0 Å². The third kappa shape index (κ3) is 3.70. The van der Waals surface area contributed by atoms with Crippen LogP contribution < -0.4 is 5.32 Å². The summed E-state index contributed by atoms with van der Waals surface area (Å²) in [7, 11) is 2.04. The van der Waals surface area contributed by atoms with Crippen molar-refractivity contribution in [2.45, 2.75) is 39.2 Å². The monoisotopic (exact) mass is 271 g/mol. The summed E-state index contributed by atoms with van der Waals surface area (Å²) < 4.78 is 2.02. The Bertz CT molecular complexity index is 516. The number of aromatic nitrogens is 2. The highest BCUT2D eigenvalue weighted by Crippen LogP contribution is 2.19. The Morgan fingerprint density at radius 3 is 2.55 bits per heavy atom. The summed E-state index contributed by atoms with van der Waals surface area (Å²) in [4.78, 5) is 0. The highest BCUT2D eigenvalue weighted by atomic mass is 15.3. The van der Waals surface area contributed by atoms with Crippen molar-refractivity contribution in [3.05, 3.63) is 53.3 Å². The first-order chi connectivity index (χ1) is 9.74. The van der Waals surface area contributed by atoms with E-state index in [2.05, 4.69) is 60.7 Å². The van der Waals surface area contributed by atoms with Crippen LogP contribution >= 0.6 is 0 Å². The Morgan fingerprint density at radius 2 is 1.95 bits per heavy atom. The quantitative estimate of drug-likeness (QED) is 0.837. The molecule has 0 aliphatic rings. The summed E-state index contributed by atoms with van der Waals surface area (Å²) in [5.74, 6) is 0. The Morgan fingerprint density at radius 1 is 1.20 bits per heavy atom. The molecule has 0 spiro atoms. The molecule has 0 radical (unpaired) electrons. The van der Waals surface area contributed by atoms with E-state index in [1.54, 1.807) is 0 Å². The predicted molar refractivity (Wildman–Crippen MR) is 83.8 cm³/mol. The summed E-state index contributed by atoms with van der Waals surface area (Å²) >= 11 is 0. The molecule has 3 heteroatoms. The molecule has 1 aromatic heterocycles. The predicted octanol–water partition coefficient (Wildman–Crippen LogP) is 3.27. The molecule has 0 saturated carbocycles. The van der Waals surface area contributed by atoms with Crippen LogP contribution in [0.1, 0.15) is 43.3 Å². The van der Waals surface area contributed by atoms with E-state index in [1.807, 2.05) is 11.7 Å². The first-order valence-electron chi connectivity index (χ1n) is 7.54. The van der Waals surface area contributed by atoms with E-state index >= 15 is 0 Å². The molecule has 20 heavy (non-hydrogen) atoms. The van der Waals surface area contributed by atoms with Crippen molar-refractivity contribution in [1.29, 1.82) is 0 Å². The molecule has 1 atom stereocenters. The van der Waals surface area contributed by atoms with E-state index in [0.717, 1.165) is 25.8 Å². The minimum absolute atomic E-state index is 0.329. The van der Waals surface area contributed by atoms with Crippen LogP contribution in [0.5, 0.6) is 0 Å². The zero-order valence-electron chi connectivity index (χ0n) is 12.8. The van der Waals surface area contributed by atoms with Crippen LogP contribution in [0.4, 0.5) is 0 Å². The fourth-order valence-corrected chi connectivity index (χ4v) is 2.49. The number of nitrogens with one attached hydrogen (secondary N) is 1. The van der Waals surface area contributed by atoms with E-state index in [0.29, 0.717) is 6.04 Å². The van der Waals surface area contributed by atoms with Gasteiger partial charge in [0, 0.05) is 7.05 Å². The van der Waals surface area contributed by atoms with Gasteiger partial charge in [-0.2, -0.15) is 5.10 Å². The molecule has 0 bridgehead atoms. The molecular formula is C17H25N3. The zero-order valence-corrected chi connectivity index (χ0v) is 12.8. The Kier molecular flexibility index (Phi) is 5.36. The molecule has 0 aliphatic carbocycles. The number of hydrogen-bond acceptors (Lipinski definition) is 2. The topological polar surface area (TPSA) is 29.9 Å². The number of nitrogens with zero attached hydrogens (tertiary/aromatic N) is 2. The van der Waals surface area contributed by atoms with Crippen molar-refractivity contribution in [3.8, 4) is 0 Å². The number of hydrogen-bond donors (Lipinski definition) is 1. The lowest BCUT2D eigenvalue weighted by Crippen LogP contribution is -2.26. The molecule has 1 heterocycles. The summed E-state index contributed by atoms with van der Waals surface area (Å²) in [5.41, 5.74) is 3.80. The fraction of sp³-hybridized carbons (Fsp3) is 0.471. The van der Waals surface area contributed by atoms with Crippen LogP contribution in [-0.2, 0) is 19.9 Å². The van der Waals surface area contributed by atoms with Gasteiger partial charge in [0.05, 0.1) is 17.4 Å².